The van der Waals surface area contributed by atoms with Gasteiger partial charge in [0.1, 0.15) is 11.5 Å². The zero-order chi connectivity index (χ0) is 32.2. The van der Waals surface area contributed by atoms with E-state index in [-0.39, 0.29) is 22.4 Å². The van der Waals surface area contributed by atoms with E-state index in [4.69, 9.17) is 28.1 Å². The average molecular weight is 598 g/mol. The highest BCUT2D eigenvalue weighted by Gasteiger charge is 2.53. The molecule has 232 valence electrons. The molecule has 0 radical (unpaired) electrons. The quantitative estimate of drug-likeness (QED) is 0.277. The lowest BCUT2D eigenvalue weighted by Crippen LogP contribution is -2.41. The van der Waals surface area contributed by atoms with E-state index in [9.17, 15) is 0 Å². The van der Waals surface area contributed by atoms with Crippen molar-refractivity contribution in [2.24, 2.45) is 0 Å². The second kappa shape index (κ2) is 11.3. The highest BCUT2D eigenvalue weighted by Crippen LogP contribution is 2.39. The number of aryl methyl sites for hydroxylation is 2. The first kappa shape index (κ1) is 32.2. The Morgan fingerprint density at radius 2 is 0.864 bits per heavy atom. The molecule has 2 aromatic heterocycles. The number of hydrogen-bond donors (Lipinski definition) is 0. The second-order valence-electron chi connectivity index (χ2n) is 13.6. The minimum atomic E-state index is -0.441. The summed E-state index contributed by atoms with van der Waals surface area (Å²) >= 11 is 0. The van der Waals surface area contributed by atoms with Crippen molar-refractivity contribution in [1.82, 2.24) is 9.97 Å². The minimum absolute atomic E-state index is 0.373. The molecule has 0 unspecified atom stereocenters. The lowest BCUT2D eigenvalue weighted by Gasteiger charge is -2.32. The van der Waals surface area contributed by atoms with Gasteiger partial charge in [0.25, 0.3) is 0 Å². The van der Waals surface area contributed by atoms with E-state index in [0.717, 1.165) is 55.4 Å². The summed E-state index contributed by atoms with van der Waals surface area (Å²) < 4.78 is 35.8. The summed E-state index contributed by atoms with van der Waals surface area (Å²) in [5.41, 5.74) is 2.29. The highest BCUT2D eigenvalue weighted by molar-refractivity contribution is 6.64. The van der Waals surface area contributed by atoms with Crippen LogP contribution in [0.1, 0.15) is 66.8 Å². The molecule has 0 N–H and O–H groups in total. The van der Waals surface area contributed by atoms with E-state index < -0.39 is 14.2 Å². The predicted molar refractivity (Wildman–Crippen MR) is 177 cm³/mol. The predicted octanol–water partition coefficient (Wildman–Crippen LogP) is 5.70. The molecule has 2 aliphatic rings. The van der Waals surface area contributed by atoms with Gasteiger partial charge in [-0.3, -0.25) is 9.97 Å². The van der Waals surface area contributed by atoms with Gasteiger partial charge < -0.3 is 28.1 Å². The summed E-state index contributed by atoms with van der Waals surface area (Å²) in [7, 11) is 2.46. The molecule has 0 bridgehead atoms. The van der Waals surface area contributed by atoms with Crippen LogP contribution in [0, 0.1) is 13.8 Å². The maximum atomic E-state index is 6.16. The van der Waals surface area contributed by atoms with Gasteiger partial charge in [-0.2, -0.15) is 0 Å². The van der Waals surface area contributed by atoms with Crippen molar-refractivity contribution < 1.29 is 28.1 Å². The van der Waals surface area contributed by atoms with E-state index >= 15 is 0 Å². The van der Waals surface area contributed by atoms with Crippen LogP contribution in [0.5, 0.6) is 11.5 Å². The van der Waals surface area contributed by atoms with Crippen LogP contribution in [0.4, 0.5) is 0 Å². The van der Waals surface area contributed by atoms with Crippen molar-refractivity contribution >= 4 is 46.7 Å². The molecule has 2 fully saturated rings. The van der Waals surface area contributed by atoms with Crippen LogP contribution in [0.3, 0.4) is 0 Å². The van der Waals surface area contributed by atoms with Crippen molar-refractivity contribution in [3.63, 3.8) is 0 Å². The van der Waals surface area contributed by atoms with Crippen molar-refractivity contribution in [1.29, 1.82) is 0 Å². The molecule has 44 heavy (non-hydrogen) atoms. The molecule has 2 saturated heterocycles. The molecule has 0 amide bonds. The molecule has 0 saturated carbocycles. The first-order valence-electron chi connectivity index (χ1n) is 15.1. The summed E-state index contributed by atoms with van der Waals surface area (Å²) in [5, 5.41) is 4.38. The van der Waals surface area contributed by atoms with Crippen molar-refractivity contribution in [3.8, 4) is 11.5 Å². The summed E-state index contributed by atoms with van der Waals surface area (Å²) in [6.45, 7) is 20.4. The molecule has 0 aliphatic carbocycles. The number of nitrogens with zero attached hydrogens (tertiary/aromatic N) is 2. The SMILES string of the molecule is COc1cc2ccnc(C)c2cc1B1OC(C)(C)C(C)(C)O1.COc1cc2ccnc(C)c2cc1B1OC(C)(C)C(C)(C)O1. The van der Waals surface area contributed by atoms with Crippen LogP contribution in [-0.2, 0) is 18.6 Å². The third-order valence-electron chi connectivity index (χ3n) is 9.64. The second-order valence-corrected chi connectivity index (χ2v) is 13.6. The molecule has 8 nitrogen and oxygen atoms in total. The van der Waals surface area contributed by atoms with Gasteiger partial charge in [0.15, 0.2) is 0 Å². The number of pyridine rings is 2. The number of methoxy groups -OCH3 is 2. The van der Waals surface area contributed by atoms with Crippen LogP contribution in [-0.4, -0.2) is 60.8 Å². The Kier molecular flexibility index (Phi) is 8.29. The van der Waals surface area contributed by atoms with Gasteiger partial charge in [-0.25, -0.2) is 0 Å². The Hall–Kier alpha value is -3.17. The van der Waals surface area contributed by atoms with Gasteiger partial charge in [0.2, 0.25) is 0 Å². The van der Waals surface area contributed by atoms with Crippen LogP contribution in [0.15, 0.2) is 48.8 Å². The average Bonchev–Trinajstić information content (AvgIpc) is 3.31. The Balaban J connectivity index is 0.000000175. The largest absolute Gasteiger partial charge is 0.498 e. The molecule has 0 atom stereocenters. The maximum Gasteiger partial charge on any atom is 0.498 e. The standard InChI is InChI=1S/2C17H22BNO3/c2*1-11-13-10-14(15(20-6)9-12(13)7-8-19-11)18-21-16(2,3)17(4,5)22-18/h2*7-10H,1-6H3. The number of rotatable bonds is 4. The van der Waals surface area contributed by atoms with Crippen LogP contribution in [0.25, 0.3) is 21.5 Å². The van der Waals surface area contributed by atoms with E-state index in [1.54, 1.807) is 14.2 Å². The fourth-order valence-corrected chi connectivity index (χ4v) is 5.39. The molecular formula is C34H44B2N2O6. The normalized spacial score (nSPS) is 19.6. The van der Waals surface area contributed by atoms with E-state index in [2.05, 4.69) is 22.1 Å². The molecule has 4 aromatic rings. The zero-order valence-electron chi connectivity index (χ0n) is 28.1. The number of aromatic nitrogens is 2. The number of ether oxygens (including phenoxy) is 2. The number of hydrogen-bond acceptors (Lipinski definition) is 8. The molecule has 6 rings (SSSR count). The molecule has 0 spiro atoms. The summed E-state index contributed by atoms with van der Waals surface area (Å²) in [6.07, 6.45) is 3.62. The number of fused-ring (bicyclic) bond motifs is 2. The fourth-order valence-electron chi connectivity index (χ4n) is 5.39. The van der Waals surface area contributed by atoms with E-state index in [1.165, 1.54) is 0 Å². The first-order chi connectivity index (χ1) is 20.5. The van der Waals surface area contributed by atoms with Gasteiger partial charge >= 0.3 is 14.2 Å². The molecule has 4 heterocycles. The Morgan fingerprint density at radius 3 is 1.16 bits per heavy atom. The van der Waals surface area contributed by atoms with Gasteiger partial charge in [0, 0.05) is 45.5 Å². The topological polar surface area (TPSA) is 81.2 Å². The third-order valence-corrected chi connectivity index (χ3v) is 9.64. The zero-order valence-corrected chi connectivity index (χ0v) is 28.1. The summed E-state index contributed by atoms with van der Waals surface area (Å²) in [5.74, 6) is 1.55. The lowest BCUT2D eigenvalue weighted by atomic mass is 9.77. The van der Waals surface area contributed by atoms with Crippen molar-refractivity contribution in [2.75, 3.05) is 14.2 Å². The number of benzene rings is 2. The first-order valence-corrected chi connectivity index (χ1v) is 15.1. The molecular weight excluding hydrogens is 554 g/mol. The van der Waals surface area contributed by atoms with E-state index in [1.807, 2.05) is 106 Å². The lowest BCUT2D eigenvalue weighted by molar-refractivity contribution is 0.00578. The Morgan fingerprint density at radius 1 is 0.545 bits per heavy atom. The third kappa shape index (κ3) is 5.69. The van der Waals surface area contributed by atoms with Gasteiger partial charge in [-0.05, 0) is 116 Å². The van der Waals surface area contributed by atoms with Crippen LogP contribution in [0.2, 0.25) is 0 Å². The van der Waals surface area contributed by atoms with E-state index in [0.29, 0.717) is 0 Å². The fraction of sp³-hybridized carbons (Fsp3) is 0.471. The van der Waals surface area contributed by atoms with Crippen LogP contribution < -0.4 is 20.4 Å². The van der Waals surface area contributed by atoms with Gasteiger partial charge in [-0.1, -0.05) is 0 Å². The Labute approximate surface area is 262 Å². The smallest absolute Gasteiger partial charge is 0.497 e. The molecule has 2 aliphatic heterocycles. The molecule has 10 heteroatoms. The van der Waals surface area contributed by atoms with Crippen LogP contribution >= 0.6 is 0 Å². The monoisotopic (exact) mass is 598 g/mol. The van der Waals surface area contributed by atoms with Gasteiger partial charge in [-0.15, -0.1) is 0 Å². The maximum absolute atomic E-state index is 6.16. The van der Waals surface area contributed by atoms with Gasteiger partial charge in [0.05, 0.1) is 36.6 Å². The van der Waals surface area contributed by atoms with Crippen molar-refractivity contribution in [2.45, 2.75) is 91.6 Å². The van der Waals surface area contributed by atoms with Crippen molar-refractivity contribution in [3.05, 3.63) is 60.2 Å². The minimum Gasteiger partial charge on any atom is -0.497 e. The summed E-state index contributed by atoms with van der Waals surface area (Å²) in [4.78, 5) is 8.73. The highest BCUT2D eigenvalue weighted by atomic mass is 16.7. The summed E-state index contributed by atoms with van der Waals surface area (Å²) in [6, 6.07) is 12.1. The Bertz CT molecular complexity index is 1550. The molecule has 2 aromatic carbocycles.